The Labute approximate surface area is 139 Å². The lowest BCUT2D eigenvalue weighted by molar-refractivity contribution is 0.186. The van der Waals surface area contributed by atoms with Gasteiger partial charge in [-0.05, 0) is 38.6 Å². The minimum absolute atomic E-state index is 0.0193. The van der Waals surface area contributed by atoms with Crippen molar-refractivity contribution in [3.8, 4) is 0 Å². The van der Waals surface area contributed by atoms with Crippen LogP contribution in [0.2, 0.25) is 5.02 Å². The van der Waals surface area contributed by atoms with E-state index in [0.717, 1.165) is 23.7 Å². The van der Waals surface area contributed by atoms with Crippen molar-refractivity contribution in [1.82, 2.24) is 15.1 Å². The van der Waals surface area contributed by atoms with Gasteiger partial charge in [0.1, 0.15) is 0 Å². The number of carbonyl (C=O) groups is 1. The van der Waals surface area contributed by atoms with E-state index in [1.54, 1.807) is 4.90 Å². The molecule has 0 bridgehead atoms. The molecule has 2 amide bonds. The first-order valence-electron chi connectivity index (χ1n) is 8.10. The van der Waals surface area contributed by atoms with Crippen LogP contribution in [0.4, 0.5) is 4.79 Å². The summed E-state index contributed by atoms with van der Waals surface area (Å²) in [5.41, 5.74) is 1.06. The number of nitrogens with one attached hydrogen (secondary N) is 1. The van der Waals surface area contributed by atoms with E-state index in [9.17, 15) is 4.79 Å². The summed E-state index contributed by atoms with van der Waals surface area (Å²) < 4.78 is 0. The van der Waals surface area contributed by atoms with Gasteiger partial charge in [-0.1, -0.05) is 43.6 Å². The molecule has 0 saturated carbocycles. The van der Waals surface area contributed by atoms with Gasteiger partial charge in [0.15, 0.2) is 0 Å². The third-order valence-electron chi connectivity index (χ3n) is 4.01. The van der Waals surface area contributed by atoms with Crippen LogP contribution < -0.4 is 5.32 Å². The quantitative estimate of drug-likeness (QED) is 0.789. The molecule has 4 nitrogen and oxygen atoms in total. The van der Waals surface area contributed by atoms with Gasteiger partial charge in [0.2, 0.25) is 0 Å². The molecule has 5 heteroatoms. The van der Waals surface area contributed by atoms with Crippen LogP contribution in [0.15, 0.2) is 24.3 Å². The van der Waals surface area contributed by atoms with Crippen LogP contribution in [0.5, 0.6) is 0 Å². The van der Waals surface area contributed by atoms with Gasteiger partial charge in [0, 0.05) is 24.7 Å². The van der Waals surface area contributed by atoms with Crippen molar-refractivity contribution in [2.45, 2.75) is 33.7 Å². The number of hydrogen-bond donors (Lipinski definition) is 1. The summed E-state index contributed by atoms with van der Waals surface area (Å²) in [5, 5.41) is 3.79. The highest BCUT2D eigenvalue weighted by Crippen LogP contribution is 2.26. The lowest BCUT2D eigenvalue weighted by Gasteiger charge is -2.31. The molecule has 1 rings (SSSR count). The van der Waals surface area contributed by atoms with Crippen molar-refractivity contribution >= 4 is 17.6 Å². The second-order valence-corrected chi connectivity index (χ2v) is 5.52. The van der Waals surface area contributed by atoms with Gasteiger partial charge in [-0.25, -0.2) is 4.79 Å². The Balaban J connectivity index is 2.89. The van der Waals surface area contributed by atoms with Crippen molar-refractivity contribution in [3.05, 3.63) is 34.9 Å². The molecule has 1 atom stereocenters. The number of hydrogen-bond acceptors (Lipinski definition) is 2. The molecule has 22 heavy (non-hydrogen) atoms. The number of benzene rings is 1. The minimum Gasteiger partial charge on any atom is -0.336 e. The van der Waals surface area contributed by atoms with E-state index in [4.69, 9.17) is 11.6 Å². The molecule has 0 fully saturated rings. The lowest BCUT2D eigenvalue weighted by Crippen LogP contribution is -2.44. The monoisotopic (exact) mass is 325 g/mol. The second kappa shape index (κ2) is 9.70. The SMILES string of the molecule is CCN(CC)C(=O)NCC(c1ccccc1Cl)N(CC)CC. The van der Waals surface area contributed by atoms with Gasteiger partial charge in [0.05, 0.1) is 6.04 Å². The zero-order valence-electron chi connectivity index (χ0n) is 14.1. The Morgan fingerprint density at radius 2 is 1.68 bits per heavy atom. The zero-order valence-corrected chi connectivity index (χ0v) is 14.9. The lowest BCUT2D eigenvalue weighted by atomic mass is 10.0. The topological polar surface area (TPSA) is 35.6 Å². The first-order chi connectivity index (χ1) is 10.6. The molecule has 0 saturated heterocycles. The predicted octanol–water partition coefficient (Wildman–Crippen LogP) is 3.77. The standard InChI is InChI=1S/C17H28ClN3O/c1-5-20(6-2)16(14-11-9-10-12-15(14)18)13-19-17(22)21(7-3)8-4/h9-12,16H,5-8,13H2,1-4H3,(H,19,22). The largest absolute Gasteiger partial charge is 0.336 e. The Morgan fingerprint density at radius 3 is 2.18 bits per heavy atom. The molecule has 124 valence electrons. The first kappa shape index (κ1) is 18.8. The molecule has 1 aromatic carbocycles. The van der Waals surface area contributed by atoms with Crippen LogP contribution in [0.1, 0.15) is 39.3 Å². The first-order valence-corrected chi connectivity index (χ1v) is 8.47. The highest BCUT2D eigenvalue weighted by molar-refractivity contribution is 6.31. The third-order valence-corrected chi connectivity index (χ3v) is 4.36. The normalized spacial score (nSPS) is 12.3. The van der Waals surface area contributed by atoms with Crippen molar-refractivity contribution in [2.24, 2.45) is 0 Å². The summed E-state index contributed by atoms with van der Waals surface area (Å²) >= 11 is 6.36. The maximum absolute atomic E-state index is 12.2. The number of halogens is 1. The van der Waals surface area contributed by atoms with Crippen LogP contribution in [-0.4, -0.2) is 48.6 Å². The van der Waals surface area contributed by atoms with Crippen LogP contribution in [0.3, 0.4) is 0 Å². The minimum atomic E-state index is -0.0193. The van der Waals surface area contributed by atoms with Crippen molar-refractivity contribution in [1.29, 1.82) is 0 Å². The van der Waals surface area contributed by atoms with Gasteiger partial charge in [-0.3, -0.25) is 4.90 Å². The van der Waals surface area contributed by atoms with Crippen LogP contribution in [0.25, 0.3) is 0 Å². The number of amides is 2. The van der Waals surface area contributed by atoms with Gasteiger partial charge in [-0.2, -0.15) is 0 Å². The van der Waals surface area contributed by atoms with E-state index in [1.165, 1.54) is 0 Å². The highest BCUT2D eigenvalue weighted by Gasteiger charge is 2.21. The Morgan fingerprint density at radius 1 is 1.09 bits per heavy atom. The molecule has 1 N–H and O–H groups in total. The number of carbonyl (C=O) groups excluding carboxylic acids is 1. The number of urea groups is 1. The van der Waals surface area contributed by atoms with E-state index in [0.29, 0.717) is 19.6 Å². The average Bonchev–Trinajstić information content (AvgIpc) is 2.53. The molecule has 0 aliphatic rings. The molecule has 0 spiro atoms. The summed E-state index contributed by atoms with van der Waals surface area (Å²) in [6.07, 6.45) is 0. The summed E-state index contributed by atoms with van der Waals surface area (Å²) in [6, 6.07) is 7.93. The van der Waals surface area contributed by atoms with Crippen LogP contribution in [-0.2, 0) is 0 Å². The van der Waals surface area contributed by atoms with Crippen molar-refractivity contribution < 1.29 is 4.79 Å². The maximum atomic E-state index is 12.2. The van der Waals surface area contributed by atoms with Crippen LogP contribution >= 0.6 is 11.6 Å². The molecule has 1 aromatic rings. The van der Waals surface area contributed by atoms with Crippen molar-refractivity contribution in [2.75, 3.05) is 32.7 Å². The Kier molecular flexibility index (Phi) is 8.28. The van der Waals surface area contributed by atoms with Crippen molar-refractivity contribution in [3.63, 3.8) is 0 Å². The van der Waals surface area contributed by atoms with Crippen LogP contribution in [0, 0.1) is 0 Å². The van der Waals surface area contributed by atoms with E-state index in [1.807, 2.05) is 38.1 Å². The number of nitrogens with zero attached hydrogens (tertiary/aromatic N) is 2. The molecule has 0 aliphatic carbocycles. The fraction of sp³-hybridized carbons (Fsp3) is 0.588. The van der Waals surface area contributed by atoms with Gasteiger partial charge in [0.25, 0.3) is 0 Å². The summed E-state index contributed by atoms with van der Waals surface area (Å²) in [5.74, 6) is 0. The fourth-order valence-corrected chi connectivity index (χ4v) is 2.91. The molecular formula is C17H28ClN3O. The molecule has 0 aromatic heterocycles. The maximum Gasteiger partial charge on any atom is 0.317 e. The van der Waals surface area contributed by atoms with E-state index >= 15 is 0 Å². The molecule has 1 unspecified atom stereocenters. The number of rotatable bonds is 8. The summed E-state index contributed by atoms with van der Waals surface area (Å²) in [4.78, 5) is 16.3. The van der Waals surface area contributed by atoms with E-state index < -0.39 is 0 Å². The smallest absolute Gasteiger partial charge is 0.317 e. The van der Waals surface area contributed by atoms with Gasteiger partial charge >= 0.3 is 6.03 Å². The Hall–Kier alpha value is -1.26. The fourth-order valence-electron chi connectivity index (χ4n) is 2.65. The molecule has 0 radical (unpaired) electrons. The Bertz CT molecular complexity index is 459. The average molecular weight is 326 g/mol. The summed E-state index contributed by atoms with van der Waals surface area (Å²) in [6.45, 7) is 12.0. The van der Waals surface area contributed by atoms with Gasteiger partial charge < -0.3 is 10.2 Å². The highest BCUT2D eigenvalue weighted by atomic mass is 35.5. The molecular weight excluding hydrogens is 298 g/mol. The summed E-state index contributed by atoms with van der Waals surface area (Å²) in [7, 11) is 0. The molecule has 0 aliphatic heterocycles. The number of likely N-dealkylation sites (N-methyl/N-ethyl adjacent to an activating group) is 1. The zero-order chi connectivity index (χ0) is 16.5. The molecule has 0 heterocycles. The van der Waals surface area contributed by atoms with E-state index in [-0.39, 0.29) is 12.1 Å². The predicted molar refractivity (Wildman–Crippen MR) is 93.4 cm³/mol. The third kappa shape index (κ3) is 4.89. The second-order valence-electron chi connectivity index (χ2n) is 5.12. The van der Waals surface area contributed by atoms with Gasteiger partial charge in [-0.15, -0.1) is 0 Å². The van der Waals surface area contributed by atoms with E-state index in [2.05, 4.69) is 24.1 Å².